The Balaban J connectivity index is 2.18. The average molecular weight is 272 g/mol. The number of nitrogen functional groups attached to an aromatic ring is 1. The first-order valence-corrected chi connectivity index (χ1v) is 6.50. The quantitative estimate of drug-likeness (QED) is 0.869. The summed E-state index contributed by atoms with van der Waals surface area (Å²) in [5.74, 6) is -0.479. The number of hydrogen-bond donors (Lipinski definition) is 1. The van der Waals surface area contributed by atoms with Crippen molar-refractivity contribution in [3.63, 3.8) is 0 Å². The van der Waals surface area contributed by atoms with E-state index in [9.17, 15) is 9.18 Å². The van der Waals surface area contributed by atoms with E-state index in [4.69, 9.17) is 5.73 Å². The summed E-state index contributed by atoms with van der Waals surface area (Å²) >= 11 is 0. The molecule has 0 saturated heterocycles. The number of para-hydroxylation sites is 1. The van der Waals surface area contributed by atoms with Gasteiger partial charge in [0.25, 0.3) is 5.91 Å². The van der Waals surface area contributed by atoms with Crippen LogP contribution in [0, 0.1) is 5.82 Å². The number of nitrogens with two attached hydrogens (primary N) is 1. The molecule has 0 aliphatic rings. The fourth-order valence-electron chi connectivity index (χ4n) is 1.99. The Morgan fingerprint density at radius 3 is 2.40 bits per heavy atom. The largest absolute Gasteiger partial charge is 0.398 e. The number of halogens is 1. The minimum atomic E-state index is -0.350. The van der Waals surface area contributed by atoms with Gasteiger partial charge in [0, 0.05) is 24.3 Å². The number of carbonyl (C=O) groups excluding carboxylic acids is 1. The Morgan fingerprint density at radius 1 is 1.15 bits per heavy atom. The molecule has 0 heterocycles. The summed E-state index contributed by atoms with van der Waals surface area (Å²) in [5, 5.41) is 0. The van der Waals surface area contributed by atoms with Gasteiger partial charge in [-0.3, -0.25) is 4.79 Å². The van der Waals surface area contributed by atoms with Gasteiger partial charge in [-0.2, -0.15) is 0 Å². The molecule has 0 fully saturated rings. The van der Waals surface area contributed by atoms with Crippen LogP contribution >= 0.6 is 0 Å². The van der Waals surface area contributed by atoms with Gasteiger partial charge in [0.2, 0.25) is 0 Å². The van der Waals surface area contributed by atoms with Gasteiger partial charge in [0.05, 0.1) is 0 Å². The van der Waals surface area contributed by atoms with Crippen molar-refractivity contribution in [2.24, 2.45) is 0 Å². The lowest BCUT2D eigenvalue weighted by Crippen LogP contribution is -2.30. The molecule has 20 heavy (non-hydrogen) atoms. The van der Waals surface area contributed by atoms with Crippen LogP contribution < -0.4 is 5.73 Å². The minimum absolute atomic E-state index is 0.129. The molecule has 0 radical (unpaired) electrons. The van der Waals surface area contributed by atoms with Crippen molar-refractivity contribution in [3.05, 3.63) is 65.5 Å². The van der Waals surface area contributed by atoms with Crippen LogP contribution in [0.2, 0.25) is 0 Å². The van der Waals surface area contributed by atoms with Gasteiger partial charge in [0.15, 0.2) is 0 Å². The maximum atomic E-state index is 12.9. The SMILES string of the molecule is CCN(Cc1ccccc1N)C(=O)c1ccc(F)cc1. The Morgan fingerprint density at radius 2 is 1.80 bits per heavy atom. The Kier molecular flexibility index (Phi) is 4.35. The van der Waals surface area contributed by atoms with Crippen molar-refractivity contribution in [3.8, 4) is 0 Å². The summed E-state index contributed by atoms with van der Waals surface area (Å²) in [7, 11) is 0. The highest BCUT2D eigenvalue weighted by Crippen LogP contribution is 2.15. The topological polar surface area (TPSA) is 46.3 Å². The van der Waals surface area contributed by atoms with Gasteiger partial charge in [-0.05, 0) is 42.8 Å². The molecule has 0 aliphatic carbocycles. The van der Waals surface area contributed by atoms with Crippen LogP contribution in [-0.2, 0) is 6.54 Å². The highest BCUT2D eigenvalue weighted by molar-refractivity contribution is 5.94. The van der Waals surface area contributed by atoms with Crippen LogP contribution in [-0.4, -0.2) is 17.4 Å². The maximum Gasteiger partial charge on any atom is 0.254 e. The lowest BCUT2D eigenvalue weighted by Gasteiger charge is -2.22. The van der Waals surface area contributed by atoms with Crippen molar-refractivity contribution >= 4 is 11.6 Å². The molecule has 0 saturated carbocycles. The van der Waals surface area contributed by atoms with Crippen molar-refractivity contribution in [2.45, 2.75) is 13.5 Å². The number of hydrogen-bond acceptors (Lipinski definition) is 2. The van der Waals surface area contributed by atoms with E-state index in [1.54, 1.807) is 4.90 Å². The number of anilines is 1. The lowest BCUT2D eigenvalue weighted by molar-refractivity contribution is 0.0753. The molecule has 2 N–H and O–H groups in total. The summed E-state index contributed by atoms with van der Waals surface area (Å²) in [5.41, 5.74) is 7.94. The molecule has 0 spiro atoms. The fourth-order valence-corrected chi connectivity index (χ4v) is 1.99. The smallest absolute Gasteiger partial charge is 0.254 e. The molecule has 0 aromatic heterocycles. The van der Waals surface area contributed by atoms with E-state index in [1.807, 2.05) is 31.2 Å². The molecule has 0 bridgehead atoms. The van der Waals surface area contributed by atoms with Crippen molar-refractivity contribution in [1.82, 2.24) is 4.90 Å². The number of amides is 1. The zero-order valence-corrected chi connectivity index (χ0v) is 11.3. The van der Waals surface area contributed by atoms with Gasteiger partial charge < -0.3 is 10.6 Å². The zero-order valence-electron chi connectivity index (χ0n) is 11.3. The second-order valence-corrected chi connectivity index (χ2v) is 4.53. The Labute approximate surface area is 117 Å². The number of benzene rings is 2. The third-order valence-corrected chi connectivity index (χ3v) is 3.18. The predicted octanol–water partition coefficient (Wildman–Crippen LogP) is 3.07. The first-order chi connectivity index (χ1) is 9.61. The predicted molar refractivity (Wildman–Crippen MR) is 77.7 cm³/mol. The summed E-state index contributed by atoms with van der Waals surface area (Å²) in [6.45, 7) is 2.91. The van der Waals surface area contributed by atoms with Crippen LogP contribution in [0.1, 0.15) is 22.8 Å². The molecule has 0 atom stereocenters. The van der Waals surface area contributed by atoms with Crippen LogP contribution in [0.3, 0.4) is 0 Å². The van der Waals surface area contributed by atoms with E-state index in [1.165, 1.54) is 24.3 Å². The molecule has 1 amide bonds. The first-order valence-electron chi connectivity index (χ1n) is 6.50. The Bertz CT molecular complexity index is 596. The normalized spacial score (nSPS) is 10.3. The first kappa shape index (κ1) is 14.1. The van der Waals surface area contributed by atoms with Gasteiger partial charge in [-0.15, -0.1) is 0 Å². The molecule has 3 nitrogen and oxygen atoms in total. The molecule has 104 valence electrons. The fraction of sp³-hybridized carbons (Fsp3) is 0.188. The molecule has 0 aliphatic heterocycles. The average Bonchev–Trinajstić information content (AvgIpc) is 2.46. The summed E-state index contributed by atoms with van der Waals surface area (Å²) < 4.78 is 12.9. The third-order valence-electron chi connectivity index (χ3n) is 3.18. The van der Waals surface area contributed by atoms with Crippen LogP contribution in [0.15, 0.2) is 48.5 Å². The van der Waals surface area contributed by atoms with Crippen LogP contribution in [0.5, 0.6) is 0 Å². The van der Waals surface area contributed by atoms with Gasteiger partial charge >= 0.3 is 0 Å². The molecule has 2 rings (SSSR count). The van der Waals surface area contributed by atoms with E-state index < -0.39 is 0 Å². The minimum Gasteiger partial charge on any atom is -0.398 e. The molecule has 4 heteroatoms. The highest BCUT2D eigenvalue weighted by Gasteiger charge is 2.15. The van der Waals surface area contributed by atoms with E-state index in [0.717, 1.165) is 5.56 Å². The van der Waals surface area contributed by atoms with Crippen LogP contribution in [0.25, 0.3) is 0 Å². The summed E-state index contributed by atoms with van der Waals surface area (Å²) in [4.78, 5) is 14.0. The summed E-state index contributed by atoms with van der Waals surface area (Å²) in [6, 6.07) is 13.0. The summed E-state index contributed by atoms with van der Waals surface area (Å²) in [6.07, 6.45) is 0. The zero-order chi connectivity index (χ0) is 14.5. The molecule has 2 aromatic carbocycles. The molecule has 2 aromatic rings. The van der Waals surface area contributed by atoms with Crippen molar-refractivity contribution in [2.75, 3.05) is 12.3 Å². The number of rotatable bonds is 4. The van der Waals surface area contributed by atoms with Gasteiger partial charge in [-0.25, -0.2) is 4.39 Å². The molecule has 0 unspecified atom stereocenters. The maximum absolute atomic E-state index is 12.9. The monoisotopic (exact) mass is 272 g/mol. The van der Waals surface area contributed by atoms with E-state index in [2.05, 4.69) is 0 Å². The second kappa shape index (κ2) is 6.19. The molecular formula is C16H17FN2O. The van der Waals surface area contributed by atoms with Gasteiger partial charge in [0.1, 0.15) is 5.82 Å². The van der Waals surface area contributed by atoms with E-state index in [0.29, 0.717) is 24.3 Å². The number of nitrogens with zero attached hydrogens (tertiary/aromatic N) is 1. The van der Waals surface area contributed by atoms with E-state index in [-0.39, 0.29) is 11.7 Å². The third kappa shape index (κ3) is 3.15. The van der Waals surface area contributed by atoms with Crippen LogP contribution in [0.4, 0.5) is 10.1 Å². The van der Waals surface area contributed by atoms with Crippen molar-refractivity contribution in [1.29, 1.82) is 0 Å². The van der Waals surface area contributed by atoms with E-state index >= 15 is 0 Å². The second-order valence-electron chi connectivity index (χ2n) is 4.53. The molecular weight excluding hydrogens is 255 g/mol. The number of carbonyl (C=O) groups is 1. The Hall–Kier alpha value is -2.36. The lowest BCUT2D eigenvalue weighted by atomic mass is 10.1. The van der Waals surface area contributed by atoms with Gasteiger partial charge in [-0.1, -0.05) is 18.2 Å². The highest BCUT2D eigenvalue weighted by atomic mass is 19.1. The standard InChI is InChI=1S/C16H17FN2O/c1-2-19(11-13-5-3-4-6-15(13)18)16(20)12-7-9-14(17)10-8-12/h3-10H,2,11,18H2,1H3. The van der Waals surface area contributed by atoms with Crippen molar-refractivity contribution < 1.29 is 9.18 Å².